The molecule has 94 valence electrons. The van der Waals surface area contributed by atoms with Crippen molar-refractivity contribution in [3.8, 4) is 0 Å². The number of pyridine rings is 1. The van der Waals surface area contributed by atoms with Crippen molar-refractivity contribution >= 4 is 0 Å². The molecule has 4 nitrogen and oxygen atoms in total. The van der Waals surface area contributed by atoms with Crippen LogP contribution < -0.4 is 5.73 Å². The second kappa shape index (κ2) is 6.10. The Balaban J connectivity index is 1.94. The second-order valence-electron chi connectivity index (χ2n) is 4.63. The number of aromatic nitrogens is 1. The fourth-order valence-electron chi connectivity index (χ4n) is 2.12. The van der Waals surface area contributed by atoms with E-state index < -0.39 is 0 Å². The molecule has 17 heavy (non-hydrogen) atoms. The first-order valence-corrected chi connectivity index (χ1v) is 6.26. The molecule has 0 saturated carbocycles. The van der Waals surface area contributed by atoms with Gasteiger partial charge >= 0.3 is 0 Å². The largest absolute Gasteiger partial charge is 0.377 e. The van der Waals surface area contributed by atoms with E-state index in [4.69, 9.17) is 10.5 Å². The molecule has 2 rings (SSSR count). The van der Waals surface area contributed by atoms with Crippen LogP contribution in [0.15, 0.2) is 18.3 Å². The molecule has 0 spiro atoms. The van der Waals surface area contributed by atoms with Crippen LogP contribution in [-0.2, 0) is 17.8 Å². The zero-order valence-electron chi connectivity index (χ0n) is 10.4. The highest BCUT2D eigenvalue weighted by atomic mass is 16.5. The lowest BCUT2D eigenvalue weighted by Crippen LogP contribution is -2.30. The van der Waals surface area contributed by atoms with Crippen molar-refractivity contribution in [2.75, 3.05) is 19.7 Å². The molecule has 1 aromatic heterocycles. The summed E-state index contributed by atoms with van der Waals surface area (Å²) in [5, 5.41) is 0. The lowest BCUT2D eigenvalue weighted by Gasteiger charge is -2.21. The smallest absolute Gasteiger partial charge is 0.0674 e. The third-order valence-corrected chi connectivity index (χ3v) is 3.04. The Morgan fingerprint density at radius 3 is 3.12 bits per heavy atom. The summed E-state index contributed by atoms with van der Waals surface area (Å²) in [6.07, 6.45) is 3.29. The number of ether oxygens (including phenoxy) is 1. The maximum absolute atomic E-state index is 5.63. The van der Waals surface area contributed by atoms with E-state index in [1.807, 2.05) is 6.20 Å². The Kier molecular flexibility index (Phi) is 4.48. The summed E-state index contributed by atoms with van der Waals surface area (Å²) in [7, 11) is 0. The molecule has 1 aliphatic heterocycles. The highest BCUT2D eigenvalue weighted by molar-refractivity contribution is 5.13. The van der Waals surface area contributed by atoms with Gasteiger partial charge in [-0.15, -0.1) is 0 Å². The summed E-state index contributed by atoms with van der Waals surface area (Å²) >= 11 is 0. The molecule has 1 saturated heterocycles. The highest BCUT2D eigenvalue weighted by Crippen LogP contribution is 2.09. The summed E-state index contributed by atoms with van der Waals surface area (Å²) in [5.41, 5.74) is 7.75. The average molecular weight is 235 g/mol. The maximum Gasteiger partial charge on any atom is 0.0674 e. The molecule has 0 bridgehead atoms. The van der Waals surface area contributed by atoms with Crippen molar-refractivity contribution < 1.29 is 4.74 Å². The minimum atomic E-state index is 0.320. The van der Waals surface area contributed by atoms with Gasteiger partial charge < -0.3 is 10.5 Å². The van der Waals surface area contributed by atoms with Gasteiger partial charge in [0.1, 0.15) is 0 Å². The van der Waals surface area contributed by atoms with Gasteiger partial charge in [0.15, 0.2) is 0 Å². The standard InChI is InChI=1S/C13H21N3O/c1-11-9-16(5-2-6-17-11)10-13-4-3-12(7-14)8-15-13/h3-4,8,11H,2,5-7,9-10,14H2,1H3. The first-order chi connectivity index (χ1) is 8.28. The lowest BCUT2D eigenvalue weighted by atomic mass is 10.2. The van der Waals surface area contributed by atoms with Crippen molar-refractivity contribution in [2.45, 2.75) is 32.5 Å². The minimum Gasteiger partial charge on any atom is -0.377 e. The SMILES string of the molecule is CC1CN(Cc2ccc(CN)cn2)CCCO1. The molecule has 1 aliphatic rings. The molecule has 1 aromatic rings. The Bertz CT molecular complexity index is 339. The van der Waals surface area contributed by atoms with Gasteiger partial charge in [-0.3, -0.25) is 9.88 Å². The van der Waals surface area contributed by atoms with Crippen LogP contribution in [0.4, 0.5) is 0 Å². The molecular weight excluding hydrogens is 214 g/mol. The van der Waals surface area contributed by atoms with Gasteiger partial charge in [0.05, 0.1) is 11.8 Å². The number of nitrogens with two attached hydrogens (primary N) is 1. The summed E-state index contributed by atoms with van der Waals surface area (Å²) in [5.74, 6) is 0. The van der Waals surface area contributed by atoms with Crippen molar-refractivity contribution in [1.82, 2.24) is 9.88 Å². The van der Waals surface area contributed by atoms with E-state index in [-0.39, 0.29) is 0 Å². The molecule has 0 aliphatic carbocycles. The Morgan fingerprint density at radius 2 is 2.41 bits per heavy atom. The number of nitrogens with zero attached hydrogens (tertiary/aromatic N) is 2. The van der Waals surface area contributed by atoms with Crippen LogP contribution in [0, 0.1) is 0 Å². The zero-order chi connectivity index (χ0) is 12.1. The summed E-state index contributed by atoms with van der Waals surface area (Å²) in [6, 6.07) is 4.12. The molecule has 1 fully saturated rings. The Labute approximate surface area is 103 Å². The zero-order valence-corrected chi connectivity index (χ0v) is 10.4. The van der Waals surface area contributed by atoms with Gasteiger partial charge in [-0.25, -0.2) is 0 Å². The van der Waals surface area contributed by atoms with E-state index in [0.29, 0.717) is 12.6 Å². The number of hydrogen-bond donors (Lipinski definition) is 1. The van der Waals surface area contributed by atoms with E-state index in [0.717, 1.165) is 43.9 Å². The molecule has 0 aromatic carbocycles. The van der Waals surface area contributed by atoms with Crippen molar-refractivity contribution in [3.63, 3.8) is 0 Å². The van der Waals surface area contributed by atoms with Crippen LogP contribution in [0.3, 0.4) is 0 Å². The summed E-state index contributed by atoms with van der Waals surface area (Å²) < 4.78 is 5.63. The molecule has 4 heteroatoms. The highest BCUT2D eigenvalue weighted by Gasteiger charge is 2.15. The van der Waals surface area contributed by atoms with Gasteiger partial charge in [0, 0.05) is 39.0 Å². The van der Waals surface area contributed by atoms with E-state index in [9.17, 15) is 0 Å². The van der Waals surface area contributed by atoms with Gasteiger partial charge in [0.25, 0.3) is 0 Å². The summed E-state index contributed by atoms with van der Waals surface area (Å²) in [6.45, 7) is 6.53. The third kappa shape index (κ3) is 3.77. The molecule has 0 radical (unpaired) electrons. The van der Waals surface area contributed by atoms with E-state index in [1.165, 1.54) is 0 Å². The average Bonchev–Trinajstić information content (AvgIpc) is 2.55. The molecule has 2 heterocycles. The molecule has 2 N–H and O–H groups in total. The number of hydrogen-bond acceptors (Lipinski definition) is 4. The fourth-order valence-corrected chi connectivity index (χ4v) is 2.12. The topological polar surface area (TPSA) is 51.4 Å². The molecule has 1 atom stereocenters. The monoisotopic (exact) mass is 235 g/mol. The molecule has 1 unspecified atom stereocenters. The Hall–Kier alpha value is -0.970. The summed E-state index contributed by atoms with van der Waals surface area (Å²) in [4.78, 5) is 6.84. The first-order valence-electron chi connectivity index (χ1n) is 6.26. The first kappa shape index (κ1) is 12.5. The predicted octanol–water partition coefficient (Wildman–Crippen LogP) is 1.15. The van der Waals surface area contributed by atoms with Gasteiger partial charge in [-0.1, -0.05) is 6.07 Å². The van der Waals surface area contributed by atoms with Crippen LogP contribution in [-0.4, -0.2) is 35.7 Å². The van der Waals surface area contributed by atoms with Crippen LogP contribution in [0.5, 0.6) is 0 Å². The van der Waals surface area contributed by atoms with Crippen LogP contribution >= 0.6 is 0 Å². The molecular formula is C13H21N3O. The molecule has 0 amide bonds. The van der Waals surface area contributed by atoms with Crippen molar-refractivity contribution in [1.29, 1.82) is 0 Å². The minimum absolute atomic E-state index is 0.320. The van der Waals surface area contributed by atoms with Gasteiger partial charge in [-0.2, -0.15) is 0 Å². The van der Waals surface area contributed by atoms with E-state index in [1.54, 1.807) is 0 Å². The maximum atomic E-state index is 5.63. The van der Waals surface area contributed by atoms with Crippen LogP contribution in [0.2, 0.25) is 0 Å². The van der Waals surface area contributed by atoms with Crippen LogP contribution in [0.25, 0.3) is 0 Å². The lowest BCUT2D eigenvalue weighted by molar-refractivity contribution is 0.0666. The Morgan fingerprint density at radius 1 is 1.53 bits per heavy atom. The van der Waals surface area contributed by atoms with Gasteiger partial charge in [0.2, 0.25) is 0 Å². The fraction of sp³-hybridized carbons (Fsp3) is 0.615. The normalized spacial score (nSPS) is 22.4. The van der Waals surface area contributed by atoms with E-state index >= 15 is 0 Å². The predicted molar refractivity (Wildman–Crippen MR) is 67.4 cm³/mol. The van der Waals surface area contributed by atoms with E-state index in [2.05, 4.69) is 28.9 Å². The van der Waals surface area contributed by atoms with Crippen molar-refractivity contribution in [3.05, 3.63) is 29.6 Å². The van der Waals surface area contributed by atoms with Gasteiger partial charge in [-0.05, 0) is 25.0 Å². The van der Waals surface area contributed by atoms with Crippen LogP contribution in [0.1, 0.15) is 24.6 Å². The van der Waals surface area contributed by atoms with Crippen molar-refractivity contribution in [2.24, 2.45) is 5.73 Å². The quantitative estimate of drug-likeness (QED) is 0.854. The third-order valence-electron chi connectivity index (χ3n) is 3.04. The second-order valence-corrected chi connectivity index (χ2v) is 4.63. The number of rotatable bonds is 3.